The normalized spacial score (nSPS) is 18.2. The van der Waals surface area contributed by atoms with E-state index in [0.717, 1.165) is 23.1 Å². The van der Waals surface area contributed by atoms with Gasteiger partial charge >= 0.3 is 11.9 Å². The maximum atomic E-state index is 14.0. The molecule has 1 aliphatic heterocycles. The molecule has 47 heavy (non-hydrogen) atoms. The van der Waals surface area contributed by atoms with Crippen molar-refractivity contribution in [3.05, 3.63) is 97.0 Å². The van der Waals surface area contributed by atoms with Crippen LogP contribution in [0.5, 0.6) is 0 Å². The van der Waals surface area contributed by atoms with Crippen molar-refractivity contribution in [2.24, 2.45) is 5.92 Å². The van der Waals surface area contributed by atoms with Crippen LogP contribution in [0.2, 0.25) is 0 Å². The van der Waals surface area contributed by atoms with Gasteiger partial charge in [-0.15, -0.1) is 0 Å². The zero-order valence-electron chi connectivity index (χ0n) is 27.0. The number of carbonyl (C=O) groups is 5. The highest BCUT2D eigenvalue weighted by Gasteiger charge is 2.50. The van der Waals surface area contributed by atoms with Crippen LogP contribution in [0.15, 0.2) is 29.5 Å². The summed E-state index contributed by atoms with van der Waals surface area (Å²) in [4.78, 5) is 73.1. The third-order valence-corrected chi connectivity index (χ3v) is 9.50. The molecule has 6 N–H and O–H groups in total. The molecule has 12 heteroatoms. The predicted molar refractivity (Wildman–Crippen MR) is 172 cm³/mol. The van der Waals surface area contributed by atoms with Crippen LogP contribution in [0.3, 0.4) is 0 Å². The van der Waals surface area contributed by atoms with Crippen LogP contribution in [0.4, 0.5) is 0 Å². The number of carbonyl (C=O) groups excluding carboxylic acids is 4. The standard InChI is InChI=1S/C35H38N4O8/c1-7-19-15(2)23(39-34(19)45)12-22-17(4)21(8-9-27(42)43)31(37-22)29-30(35(46)47-6)33(44)28-18(5)24(38-32(28)29)13-25-20(10-11-40)16(3)26(14-41)36-25/h7,12,14,29-30,36-38,40H,1,8-11,13H2,2-6H3,(H,39,45)(H,42,43)/b23-12+/t29-,30+/m1/s1. The number of hydrogen-bond donors (Lipinski definition) is 6. The van der Waals surface area contributed by atoms with Crippen molar-refractivity contribution >= 4 is 36.0 Å². The molecule has 246 valence electrons. The van der Waals surface area contributed by atoms with Gasteiger partial charge in [-0.3, -0.25) is 24.0 Å². The number of carboxylic acid groups (broad SMARTS) is 1. The average Bonchev–Trinajstić information content (AvgIpc) is 3.77. The van der Waals surface area contributed by atoms with Crippen molar-refractivity contribution in [3.8, 4) is 0 Å². The van der Waals surface area contributed by atoms with Gasteiger partial charge < -0.3 is 35.2 Å². The van der Waals surface area contributed by atoms with Crippen molar-refractivity contribution in [2.45, 2.75) is 59.3 Å². The molecule has 3 aromatic rings. The molecular formula is C35H38N4O8. The molecule has 0 bridgehead atoms. The number of esters is 1. The number of aldehydes is 1. The fraction of sp³-hybridized carbons (Fsp3) is 0.343. The van der Waals surface area contributed by atoms with Gasteiger partial charge in [-0.05, 0) is 80.0 Å². The molecule has 1 amide bonds. The number of amides is 1. The molecule has 5 rings (SSSR count). The van der Waals surface area contributed by atoms with E-state index in [0.29, 0.717) is 80.4 Å². The number of fused-ring (bicyclic) bond motifs is 1. The first kappa shape index (κ1) is 33.1. The first-order valence-corrected chi connectivity index (χ1v) is 15.3. The lowest BCUT2D eigenvalue weighted by atomic mass is 9.87. The molecule has 2 atom stereocenters. The zero-order chi connectivity index (χ0) is 34.3. The number of Topliss-reactive ketones (excluding diaryl/α,β-unsaturated/α-hetero) is 1. The number of rotatable bonds is 12. The highest BCUT2D eigenvalue weighted by atomic mass is 16.5. The summed E-state index contributed by atoms with van der Waals surface area (Å²) in [6.45, 7) is 10.8. The Kier molecular flexibility index (Phi) is 9.08. The third-order valence-electron chi connectivity index (χ3n) is 9.50. The van der Waals surface area contributed by atoms with E-state index in [9.17, 15) is 34.2 Å². The van der Waals surface area contributed by atoms with Gasteiger partial charge in [-0.25, -0.2) is 0 Å². The molecule has 0 saturated heterocycles. The molecule has 0 unspecified atom stereocenters. The van der Waals surface area contributed by atoms with E-state index in [1.807, 2.05) is 13.8 Å². The number of ketones is 1. The maximum absolute atomic E-state index is 14.0. The van der Waals surface area contributed by atoms with Crippen LogP contribution in [0, 0.1) is 26.7 Å². The Morgan fingerprint density at radius 1 is 0.936 bits per heavy atom. The highest BCUT2D eigenvalue weighted by molar-refractivity contribution is 6.14. The number of allylic oxidation sites excluding steroid dienone is 1. The molecule has 0 saturated carbocycles. The van der Waals surface area contributed by atoms with Crippen molar-refractivity contribution in [2.75, 3.05) is 13.7 Å². The Balaban J connectivity index is 1.68. The Labute approximate surface area is 271 Å². The van der Waals surface area contributed by atoms with Gasteiger partial charge in [0.15, 0.2) is 12.1 Å². The Bertz CT molecular complexity index is 1910. The molecule has 0 spiro atoms. The molecule has 0 fully saturated rings. The highest BCUT2D eigenvalue weighted by Crippen LogP contribution is 2.47. The van der Waals surface area contributed by atoms with E-state index < -0.39 is 29.6 Å². The number of aliphatic hydroxyl groups excluding tert-OH is 1. The topological polar surface area (TPSA) is 194 Å². The van der Waals surface area contributed by atoms with Gasteiger partial charge in [0.2, 0.25) is 0 Å². The SMILES string of the molecule is C=CC1=C(C)/C(=C\c2[nH]c([C@@H]3c4[nH]c(Cc5[nH]c(C=O)c(C)c5CCO)c(C)c4C(=O)[C@H]3C(=O)OC)c(CCC(=O)O)c2C)NC1=O. The van der Waals surface area contributed by atoms with E-state index in [4.69, 9.17) is 4.74 Å². The lowest BCUT2D eigenvalue weighted by molar-refractivity contribution is -0.144. The number of aromatic nitrogens is 3. The van der Waals surface area contributed by atoms with Gasteiger partial charge in [0.25, 0.3) is 5.91 Å². The second-order valence-corrected chi connectivity index (χ2v) is 12.0. The summed E-state index contributed by atoms with van der Waals surface area (Å²) in [7, 11) is 1.22. The maximum Gasteiger partial charge on any atom is 0.317 e. The number of aromatic amines is 3. The largest absolute Gasteiger partial charge is 0.481 e. The Morgan fingerprint density at radius 2 is 1.64 bits per heavy atom. The van der Waals surface area contributed by atoms with E-state index in [1.54, 1.807) is 19.9 Å². The van der Waals surface area contributed by atoms with Crippen LogP contribution in [-0.4, -0.2) is 68.8 Å². The predicted octanol–water partition coefficient (Wildman–Crippen LogP) is 3.64. The lowest BCUT2D eigenvalue weighted by Gasteiger charge is -2.19. The molecule has 4 heterocycles. The summed E-state index contributed by atoms with van der Waals surface area (Å²) in [6.07, 6.45) is 4.54. The molecule has 2 aliphatic rings. The second kappa shape index (κ2) is 12.9. The average molecular weight is 643 g/mol. The van der Waals surface area contributed by atoms with Crippen molar-refractivity contribution in [3.63, 3.8) is 0 Å². The van der Waals surface area contributed by atoms with Crippen LogP contribution in [-0.2, 0) is 38.4 Å². The quantitative estimate of drug-likeness (QED) is 0.0979. The third kappa shape index (κ3) is 5.58. The van der Waals surface area contributed by atoms with E-state index >= 15 is 0 Å². The number of hydrogen-bond acceptors (Lipinski definition) is 7. The number of nitrogens with one attached hydrogen (secondary N) is 4. The van der Waals surface area contributed by atoms with E-state index in [1.165, 1.54) is 13.2 Å². The van der Waals surface area contributed by atoms with Crippen LogP contribution in [0.25, 0.3) is 6.08 Å². The molecule has 12 nitrogen and oxygen atoms in total. The fourth-order valence-electron chi connectivity index (χ4n) is 6.95. The first-order chi connectivity index (χ1) is 22.4. The molecule has 1 aliphatic carbocycles. The lowest BCUT2D eigenvalue weighted by Crippen LogP contribution is -2.27. The van der Waals surface area contributed by atoms with E-state index in [2.05, 4.69) is 26.8 Å². The van der Waals surface area contributed by atoms with Crippen LogP contribution < -0.4 is 5.32 Å². The number of ether oxygens (including phenoxy) is 1. The smallest absolute Gasteiger partial charge is 0.317 e. The summed E-state index contributed by atoms with van der Waals surface area (Å²) in [5.41, 5.74) is 9.02. The van der Waals surface area contributed by atoms with Crippen molar-refractivity contribution in [1.82, 2.24) is 20.3 Å². The summed E-state index contributed by atoms with van der Waals surface area (Å²) in [5, 5.41) is 22.1. The number of H-pyrrole nitrogens is 3. The number of aliphatic carboxylic acids is 1. The van der Waals surface area contributed by atoms with Crippen LogP contribution in [0.1, 0.15) is 96.4 Å². The summed E-state index contributed by atoms with van der Waals surface area (Å²) in [6, 6.07) is 0. The summed E-state index contributed by atoms with van der Waals surface area (Å²) >= 11 is 0. The van der Waals surface area contributed by atoms with Gasteiger partial charge in [0, 0.05) is 64.8 Å². The van der Waals surface area contributed by atoms with Gasteiger partial charge in [-0.1, -0.05) is 12.7 Å². The molecule has 0 aromatic carbocycles. The molecular weight excluding hydrogens is 604 g/mol. The zero-order valence-corrected chi connectivity index (χ0v) is 27.0. The van der Waals surface area contributed by atoms with Gasteiger partial charge in [0.1, 0.15) is 5.92 Å². The minimum atomic E-state index is -1.23. The molecule has 3 aromatic heterocycles. The van der Waals surface area contributed by atoms with Crippen molar-refractivity contribution in [1.29, 1.82) is 0 Å². The van der Waals surface area contributed by atoms with Crippen LogP contribution >= 0.6 is 0 Å². The summed E-state index contributed by atoms with van der Waals surface area (Å²) in [5.74, 6) is -4.51. The monoisotopic (exact) mass is 642 g/mol. The minimum Gasteiger partial charge on any atom is -0.481 e. The summed E-state index contributed by atoms with van der Waals surface area (Å²) < 4.78 is 5.11. The van der Waals surface area contributed by atoms with Gasteiger partial charge in [0.05, 0.1) is 18.7 Å². The fourth-order valence-corrected chi connectivity index (χ4v) is 6.95. The molecule has 0 radical (unpaired) electrons. The minimum absolute atomic E-state index is 0.108. The number of methoxy groups -OCH3 is 1. The van der Waals surface area contributed by atoms with Gasteiger partial charge in [-0.2, -0.15) is 0 Å². The van der Waals surface area contributed by atoms with E-state index in [-0.39, 0.29) is 25.4 Å². The Morgan fingerprint density at radius 3 is 2.23 bits per heavy atom. The van der Waals surface area contributed by atoms with Crippen molar-refractivity contribution < 1.29 is 38.9 Å². The number of aliphatic hydroxyl groups is 1. The number of carboxylic acids is 1. The first-order valence-electron chi connectivity index (χ1n) is 15.3. The second-order valence-electron chi connectivity index (χ2n) is 12.0. The Hall–Kier alpha value is -5.23.